The molecule has 0 saturated carbocycles. The van der Waals surface area contributed by atoms with Crippen molar-refractivity contribution in [2.75, 3.05) is 4.90 Å². The van der Waals surface area contributed by atoms with Crippen LogP contribution >= 0.6 is 0 Å². The Hall–Kier alpha value is -3.00. The van der Waals surface area contributed by atoms with Gasteiger partial charge in [0.15, 0.2) is 0 Å². The van der Waals surface area contributed by atoms with E-state index in [1.54, 1.807) is 0 Å². The van der Waals surface area contributed by atoms with Gasteiger partial charge in [0.25, 0.3) is 0 Å². The highest BCUT2D eigenvalue weighted by atomic mass is 15.5. The number of nitrogens with zero attached hydrogens (tertiary/aromatic N) is 2. The summed E-state index contributed by atoms with van der Waals surface area (Å²) < 4.78 is 0. The van der Waals surface area contributed by atoms with Gasteiger partial charge in [0.2, 0.25) is 0 Å². The summed E-state index contributed by atoms with van der Waals surface area (Å²) in [4.78, 5) is 5.29. The number of rotatable bonds is 3. The van der Waals surface area contributed by atoms with Crippen molar-refractivity contribution in [1.29, 1.82) is 0 Å². The molecule has 2 aliphatic rings. The number of hydrogen-bond acceptors (Lipinski definition) is 2. The second-order valence-corrected chi connectivity index (χ2v) is 9.47. The second-order valence-electron chi connectivity index (χ2n) is 9.47. The van der Waals surface area contributed by atoms with E-state index in [0.717, 1.165) is 0 Å². The van der Waals surface area contributed by atoms with Crippen LogP contribution in [0.25, 0.3) is 0 Å². The molecule has 0 amide bonds. The molecule has 0 radical (unpaired) electrons. The summed E-state index contributed by atoms with van der Waals surface area (Å²) in [7, 11) is 0. The molecule has 2 heteroatoms. The molecular formula is C29H32N2. The minimum atomic E-state index is -0.0348. The van der Waals surface area contributed by atoms with E-state index in [1.165, 1.54) is 33.5 Å². The number of para-hydroxylation sites is 1. The van der Waals surface area contributed by atoms with Crippen LogP contribution in [0.4, 0.5) is 5.69 Å². The van der Waals surface area contributed by atoms with Gasteiger partial charge in [-0.25, -0.2) is 0 Å². The van der Waals surface area contributed by atoms with E-state index in [0.29, 0.717) is 12.1 Å². The summed E-state index contributed by atoms with van der Waals surface area (Å²) >= 11 is 0. The normalized spacial score (nSPS) is 27.1. The molecule has 0 aliphatic carbocycles. The Morgan fingerprint density at radius 2 is 1.35 bits per heavy atom. The van der Waals surface area contributed by atoms with E-state index in [4.69, 9.17) is 0 Å². The number of anilines is 1. The van der Waals surface area contributed by atoms with Gasteiger partial charge in [-0.15, -0.1) is 0 Å². The van der Waals surface area contributed by atoms with Gasteiger partial charge in [-0.05, 0) is 69.1 Å². The standard InChI is InChI=1S/C29H32N2/c1-20-12-9-10-17-25(20)31-23(4)27-29(5,24-15-7-6-8-16-24)18-19-30(27)28(31)26-21(2)13-11-14-22(26)3/h6-19,23,27-28H,1-5H3/t23-,27?,28?,29?/m0/s1. The van der Waals surface area contributed by atoms with Crippen LogP contribution in [0.1, 0.15) is 47.8 Å². The number of benzene rings is 3. The Kier molecular flexibility index (Phi) is 4.69. The van der Waals surface area contributed by atoms with Crippen LogP contribution in [0.5, 0.6) is 0 Å². The molecule has 31 heavy (non-hydrogen) atoms. The SMILES string of the molecule is Cc1ccccc1N1C(c2c(C)cccc2C)N2C=CC(C)(c3ccccc3)C2[C@@H]1C. The zero-order valence-corrected chi connectivity index (χ0v) is 19.2. The van der Waals surface area contributed by atoms with Crippen molar-refractivity contribution in [3.63, 3.8) is 0 Å². The third-order valence-corrected chi connectivity index (χ3v) is 7.56. The molecule has 2 nitrogen and oxygen atoms in total. The van der Waals surface area contributed by atoms with Crippen LogP contribution in [-0.2, 0) is 5.41 Å². The zero-order chi connectivity index (χ0) is 21.8. The average molecular weight is 409 g/mol. The summed E-state index contributed by atoms with van der Waals surface area (Å²) in [6.07, 6.45) is 4.98. The van der Waals surface area contributed by atoms with E-state index in [2.05, 4.69) is 129 Å². The van der Waals surface area contributed by atoms with Crippen LogP contribution in [0.3, 0.4) is 0 Å². The van der Waals surface area contributed by atoms with Gasteiger partial charge in [-0.3, -0.25) is 0 Å². The number of fused-ring (bicyclic) bond motifs is 1. The molecule has 0 spiro atoms. The van der Waals surface area contributed by atoms with Crippen LogP contribution in [0.15, 0.2) is 85.1 Å². The highest BCUT2D eigenvalue weighted by molar-refractivity contribution is 5.60. The molecule has 0 N–H and O–H groups in total. The van der Waals surface area contributed by atoms with Crippen LogP contribution in [0, 0.1) is 20.8 Å². The lowest BCUT2D eigenvalue weighted by molar-refractivity contribution is 0.243. The largest absolute Gasteiger partial charge is 0.348 e. The third kappa shape index (κ3) is 2.92. The van der Waals surface area contributed by atoms with Crippen molar-refractivity contribution in [1.82, 2.24) is 4.90 Å². The van der Waals surface area contributed by atoms with Gasteiger partial charge in [0.1, 0.15) is 6.17 Å². The minimum Gasteiger partial charge on any atom is -0.348 e. The van der Waals surface area contributed by atoms with E-state index in [1.807, 2.05) is 0 Å². The molecule has 0 aromatic heterocycles. The van der Waals surface area contributed by atoms with E-state index >= 15 is 0 Å². The molecule has 5 rings (SSSR count). The van der Waals surface area contributed by atoms with E-state index < -0.39 is 0 Å². The quantitative estimate of drug-likeness (QED) is 0.477. The molecule has 2 aliphatic heterocycles. The Balaban J connectivity index is 1.71. The predicted octanol–water partition coefficient (Wildman–Crippen LogP) is 6.67. The summed E-state index contributed by atoms with van der Waals surface area (Å²) in [6, 6.07) is 27.2. The lowest BCUT2D eigenvalue weighted by Crippen LogP contribution is -2.45. The predicted molar refractivity (Wildman–Crippen MR) is 130 cm³/mol. The number of hydrogen-bond donors (Lipinski definition) is 0. The van der Waals surface area contributed by atoms with Crippen LogP contribution in [0.2, 0.25) is 0 Å². The van der Waals surface area contributed by atoms with Gasteiger partial charge in [-0.2, -0.15) is 0 Å². The molecule has 3 aromatic carbocycles. The van der Waals surface area contributed by atoms with Crippen molar-refractivity contribution in [3.05, 3.63) is 113 Å². The van der Waals surface area contributed by atoms with Gasteiger partial charge in [0.05, 0.1) is 12.1 Å². The van der Waals surface area contributed by atoms with Gasteiger partial charge in [0, 0.05) is 16.7 Å². The van der Waals surface area contributed by atoms with Crippen LogP contribution < -0.4 is 4.90 Å². The topological polar surface area (TPSA) is 6.48 Å². The molecule has 3 aromatic rings. The summed E-state index contributed by atoms with van der Waals surface area (Å²) in [5.41, 5.74) is 8.17. The minimum absolute atomic E-state index is 0.0348. The van der Waals surface area contributed by atoms with E-state index in [-0.39, 0.29) is 11.6 Å². The first-order valence-electron chi connectivity index (χ1n) is 11.4. The Morgan fingerprint density at radius 1 is 0.742 bits per heavy atom. The molecule has 158 valence electrons. The molecule has 1 fully saturated rings. The van der Waals surface area contributed by atoms with Crippen molar-refractivity contribution in [2.24, 2.45) is 0 Å². The monoisotopic (exact) mass is 408 g/mol. The van der Waals surface area contributed by atoms with Gasteiger partial charge >= 0.3 is 0 Å². The molecule has 4 atom stereocenters. The highest BCUT2D eigenvalue weighted by Gasteiger charge is 2.55. The second kappa shape index (κ2) is 7.30. The lowest BCUT2D eigenvalue weighted by atomic mass is 9.75. The van der Waals surface area contributed by atoms with Crippen LogP contribution in [-0.4, -0.2) is 17.0 Å². The fourth-order valence-corrected chi connectivity index (χ4v) is 6.04. The average Bonchev–Trinajstić information content (AvgIpc) is 3.26. The Morgan fingerprint density at radius 3 is 2.03 bits per heavy atom. The lowest BCUT2D eigenvalue weighted by Gasteiger charge is -2.36. The van der Waals surface area contributed by atoms with Crippen molar-refractivity contribution >= 4 is 5.69 Å². The molecule has 0 bridgehead atoms. The summed E-state index contributed by atoms with van der Waals surface area (Å²) in [6.45, 7) is 11.6. The first-order valence-corrected chi connectivity index (χ1v) is 11.4. The number of aryl methyl sites for hydroxylation is 3. The fraction of sp³-hybridized carbons (Fsp3) is 0.310. The van der Waals surface area contributed by atoms with Crippen molar-refractivity contribution in [2.45, 2.75) is 58.3 Å². The highest BCUT2D eigenvalue weighted by Crippen LogP contribution is 2.52. The fourth-order valence-electron chi connectivity index (χ4n) is 6.04. The van der Waals surface area contributed by atoms with Crippen molar-refractivity contribution < 1.29 is 0 Å². The first kappa shape index (κ1) is 19.9. The smallest absolute Gasteiger partial charge is 0.129 e. The molecule has 3 unspecified atom stereocenters. The molecule has 2 heterocycles. The maximum Gasteiger partial charge on any atom is 0.129 e. The van der Waals surface area contributed by atoms with E-state index in [9.17, 15) is 0 Å². The van der Waals surface area contributed by atoms with Gasteiger partial charge in [-0.1, -0.05) is 72.8 Å². The Bertz CT molecular complexity index is 1110. The van der Waals surface area contributed by atoms with Crippen molar-refractivity contribution in [3.8, 4) is 0 Å². The Labute approximate surface area is 186 Å². The maximum absolute atomic E-state index is 2.67. The molecule has 1 saturated heterocycles. The summed E-state index contributed by atoms with van der Waals surface area (Å²) in [5.74, 6) is 0. The molecular weight excluding hydrogens is 376 g/mol. The van der Waals surface area contributed by atoms with Gasteiger partial charge < -0.3 is 9.80 Å². The maximum atomic E-state index is 2.67. The third-order valence-electron chi connectivity index (χ3n) is 7.56. The first-order chi connectivity index (χ1) is 14.9. The zero-order valence-electron chi connectivity index (χ0n) is 19.2. The summed E-state index contributed by atoms with van der Waals surface area (Å²) in [5, 5.41) is 0.